The first-order valence-electron chi connectivity index (χ1n) is 8.00. The Labute approximate surface area is 121 Å². The van der Waals surface area contributed by atoms with Crippen LogP contribution in [-0.4, -0.2) is 8.07 Å². The first-order chi connectivity index (χ1) is 8.66. The fourth-order valence-corrected chi connectivity index (χ4v) is 8.08. The lowest BCUT2D eigenvalue weighted by Gasteiger charge is -2.54. The van der Waals surface area contributed by atoms with E-state index in [1.807, 2.05) is 5.57 Å². The van der Waals surface area contributed by atoms with E-state index in [1.54, 1.807) is 5.57 Å². The Morgan fingerprint density at radius 1 is 1.32 bits per heavy atom. The summed E-state index contributed by atoms with van der Waals surface area (Å²) in [5.74, 6) is 0.743. The molecule has 0 aliphatic heterocycles. The highest BCUT2D eigenvalue weighted by molar-refractivity contribution is 6.77. The monoisotopic (exact) mass is 276 g/mol. The summed E-state index contributed by atoms with van der Waals surface area (Å²) in [6, 6.07) is 0. The van der Waals surface area contributed by atoms with Crippen molar-refractivity contribution in [2.24, 2.45) is 11.3 Å². The van der Waals surface area contributed by atoms with Crippen molar-refractivity contribution in [1.82, 2.24) is 0 Å². The zero-order chi connectivity index (χ0) is 14.4. The molecule has 1 heteroatoms. The Morgan fingerprint density at radius 3 is 2.47 bits per heavy atom. The molecule has 3 atom stereocenters. The van der Waals surface area contributed by atoms with Crippen LogP contribution >= 0.6 is 0 Å². The summed E-state index contributed by atoms with van der Waals surface area (Å²) in [7, 11) is -1.13. The van der Waals surface area contributed by atoms with Crippen LogP contribution in [0.3, 0.4) is 0 Å². The molecule has 19 heavy (non-hydrogen) atoms. The Balaban J connectivity index is 2.47. The molecule has 2 aliphatic carbocycles. The summed E-state index contributed by atoms with van der Waals surface area (Å²) in [4.78, 5) is 0. The molecule has 1 fully saturated rings. The van der Waals surface area contributed by atoms with E-state index in [0.717, 1.165) is 11.5 Å². The standard InChI is InChI=1S/C18H32Si/c1-13(2)15-11-16-14(3)9-8-10-18(16,4)17(12-15)19(5,6)7/h15,17H,1,8-12H2,2-7H3/t15-,17+,18+/m0/s1. The summed E-state index contributed by atoms with van der Waals surface area (Å²) in [6.07, 6.45) is 6.88. The summed E-state index contributed by atoms with van der Waals surface area (Å²) in [5.41, 5.74) is 6.39. The zero-order valence-electron chi connectivity index (χ0n) is 13.9. The Bertz CT molecular complexity index is 410. The lowest BCUT2D eigenvalue weighted by atomic mass is 9.60. The minimum absolute atomic E-state index is 0.513. The lowest BCUT2D eigenvalue weighted by Crippen LogP contribution is -2.46. The van der Waals surface area contributed by atoms with Crippen LogP contribution in [0.1, 0.15) is 52.9 Å². The van der Waals surface area contributed by atoms with Crippen molar-refractivity contribution in [2.45, 2.75) is 78.1 Å². The maximum absolute atomic E-state index is 4.27. The molecule has 0 spiro atoms. The highest BCUT2D eigenvalue weighted by atomic mass is 28.3. The van der Waals surface area contributed by atoms with Crippen LogP contribution in [-0.2, 0) is 0 Å². The Morgan fingerprint density at radius 2 is 1.95 bits per heavy atom. The second-order valence-corrected chi connectivity index (χ2v) is 13.9. The minimum atomic E-state index is -1.13. The van der Waals surface area contributed by atoms with Gasteiger partial charge in [-0.15, -0.1) is 0 Å². The Hall–Kier alpha value is -0.303. The fourth-order valence-electron chi connectivity index (χ4n) is 4.86. The number of fused-ring (bicyclic) bond motifs is 1. The lowest BCUT2D eigenvalue weighted by molar-refractivity contribution is 0.223. The third-order valence-corrected chi connectivity index (χ3v) is 8.90. The molecular weight excluding hydrogens is 244 g/mol. The van der Waals surface area contributed by atoms with Gasteiger partial charge in [-0.05, 0) is 62.8 Å². The molecular formula is C18H32Si. The quantitative estimate of drug-likeness (QED) is 0.417. The van der Waals surface area contributed by atoms with E-state index < -0.39 is 8.07 Å². The van der Waals surface area contributed by atoms with Gasteiger partial charge in [0.1, 0.15) is 0 Å². The van der Waals surface area contributed by atoms with Gasteiger partial charge in [-0.3, -0.25) is 0 Å². The maximum atomic E-state index is 4.27. The molecule has 0 radical (unpaired) electrons. The molecule has 0 saturated heterocycles. The van der Waals surface area contributed by atoms with E-state index in [-0.39, 0.29) is 0 Å². The predicted molar refractivity (Wildman–Crippen MR) is 89.3 cm³/mol. The van der Waals surface area contributed by atoms with Gasteiger partial charge in [0.2, 0.25) is 0 Å². The molecule has 0 amide bonds. The second-order valence-electron chi connectivity index (χ2n) is 8.43. The van der Waals surface area contributed by atoms with Gasteiger partial charge in [-0.2, -0.15) is 0 Å². The first kappa shape index (κ1) is 15.1. The van der Waals surface area contributed by atoms with Crippen LogP contribution in [0.15, 0.2) is 23.3 Å². The zero-order valence-corrected chi connectivity index (χ0v) is 14.9. The summed E-state index contributed by atoms with van der Waals surface area (Å²) < 4.78 is 0. The van der Waals surface area contributed by atoms with Gasteiger partial charge in [-0.1, -0.05) is 49.9 Å². The van der Waals surface area contributed by atoms with Crippen LogP contribution in [0.2, 0.25) is 25.2 Å². The molecule has 0 bridgehead atoms. The molecule has 0 aromatic rings. The molecule has 0 aromatic carbocycles. The molecule has 2 aliphatic rings. The van der Waals surface area contributed by atoms with Gasteiger partial charge in [-0.25, -0.2) is 0 Å². The van der Waals surface area contributed by atoms with Crippen molar-refractivity contribution >= 4 is 8.07 Å². The topological polar surface area (TPSA) is 0 Å². The van der Waals surface area contributed by atoms with Crippen molar-refractivity contribution < 1.29 is 0 Å². The van der Waals surface area contributed by atoms with Gasteiger partial charge < -0.3 is 0 Å². The van der Waals surface area contributed by atoms with Crippen molar-refractivity contribution in [2.75, 3.05) is 0 Å². The Kier molecular flexibility index (Phi) is 3.90. The average Bonchev–Trinajstić information content (AvgIpc) is 2.26. The predicted octanol–water partition coefficient (Wildman–Crippen LogP) is 6.19. The van der Waals surface area contributed by atoms with Crippen molar-refractivity contribution in [3.63, 3.8) is 0 Å². The SMILES string of the molecule is C=C(C)[C@H]1CC2=C(C)CCC[C@@]2(C)[C@H]([Si](C)(C)C)C1. The molecule has 0 unspecified atom stereocenters. The highest BCUT2D eigenvalue weighted by Gasteiger charge is 2.49. The third-order valence-electron chi connectivity index (χ3n) is 5.93. The largest absolute Gasteiger partial charge is 0.0998 e. The van der Waals surface area contributed by atoms with Gasteiger partial charge in [0.25, 0.3) is 0 Å². The van der Waals surface area contributed by atoms with Crippen LogP contribution in [0, 0.1) is 11.3 Å². The normalized spacial score (nSPS) is 36.1. The molecule has 0 N–H and O–H groups in total. The number of allylic oxidation sites excluding steroid dienone is 3. The van der Waals surface area contributed by atoms with E-state index in [1.165, 1.54) is 37.7 Å². The van der Waals surface area contributed by atoms with Crippen molar-refractivity contribution in [1.29, 1.82) is 0 Å². The van der Waals surface area contributed by atoms with E-state index in [0.29, 0.717) is 5.41 Å². The van der Waals surface area contributed by atoms with E-state index >= 15 is 0 Å². The molecule has 0 nitrogen and oxygen atoms in total. The van der Waals surface area contributed by atoms with Gasteiger partial charge in [0.15, 0.2) is 0 Å². The summed E-state index contributed by atoms with van der Waals surface area (Å²) >= 11 is 0. The maximum Gasteiger partial charge on any atom is 0.0482 e. The first-order valence-corrected chi connectivity index (χ1v) is 11.6. The van der Waals surface area contributed by atoms with E-state index in [9.17, 15) is 0 Å². The highest BCUT2D eigenvalue weighted by Crippen LogP contribution is 2.60. The van der Waals surface area contributed by atoms with Crippen molar-refractivity contribution in [3.8, 4) is 0 Å². The van der Waals surface area contributed by atoms with E-state index in [2.05, 4.69) is 47.0 Å². The molecule has 2 rings (SSSR count). The van der Waals surface area contributed by atoms with Gasteiger partial charge in [0, 0.05) is 8.07 Å². The minimum Gasteiger partial charge on any atom is -0.0998 e. The van der Waals surface area contributed by atoms with Crippen LogP contribution in [0.5, 0.6) is 0 Å². The third kappa shape index (κ3) is 2.63. The van der Waals surface area contributed by atoms with E-state index in [4.69, 9.17) is 0 Å². The van der Waals surface area contributed by atoms with Crippen LogP contribution < -0.4 is 0 Å². The fraction of sp³-hybridized carbons (Fsp3) is 0.778. The summed E-state index contributed by atoms with van der Waals surface area (Å²) in [5, 5.41) is 0. The summed E-state index contributed by atoms with van der Waals surface area (Å²) in [6.45, 7) is 19.2. The number of hydrogen-bond donors (Lipinski definition) is 0. The molecule has 0 heterocycles. The van der Waals surface area contributed by atoms with Crippen LogP contribution in [0.25, 0.3) is 0 Å². The molecule has 1 saturated carbocycles. The number of rotatable bonds is 2. The smallest absolute Gasteiger partial charge is 0.0482 e. The average molecular weight is 277 g/mol. The molecule has 108 valence electrons. The van der Waals surface area contributed by atoms with Crippen LogP contribution in [0.4, 0.5) is 0 Å². The van der Waals surface area contributed by atoms with Crippen molar-refractivity contribution in [3.05, 3.63) is 23.3 Å². The van der Waals surface area contributed by atoms with Gasteiger partial charge in [0.05, 0.1) is 0 Å². The number of hydrogen-bond acceptors (Lipinski definition) is 0. The molecule has 0 aromatic heterocycles. The second kappa shape index (κ2) is 4.91. The van der Waals surface area contributed by atoms with Gasteiger partial charge >= 0.3 is 0 Å².